The third kappa shape index (κ3) is 3.59. The molecule has 1 atom stereocenters. The van der Waals surface area contributed by atoms with Crippen LogP contribution in [-0.4, -0.2) is 35.4 Å². The van der Waals surface area contributed by atoms with Gasteiger partial charge in [-0.05, 0) is 17.5 Å². The SMILES string of the molecule is CC(C)c1ccc(C[NH+](C)CN2C(=O)c3cccc([N+](=O)[O-])c3C2=O)cc1. The Kier molecular flexibility index (Phi) is 5.05. The molecule has 7 nitrogen and oxygen atoms in total. The number of carbonyl (C=O) groups is 2. The molecule has 0 radical (unpaired) electrons. The summed E-state index contributed by atoms with van der Waals surface area (Å²) in [6.07, 6.45) is 0. The van der Waals surface area contributed by atoms with E-state index in [-0.39, 0.29) is 23.5 Å². The van der Waals surface area contributed by atoms with Crippen molar-refractivity contribution in [1.29, 1.82) is 0 Å². The molecule has 0 saturated heterocycles. The van der Waals surface area contributed by atoms with E-state index in [0.717, 1.165) is 15.4 Å². The van der Waals surface area contributed by atoms with Gasteiger partial charge in [0, 0.05) is 11.6 Å². The van der Waals surface area contributed by atoms with Crippen molar-refractivity contribution >= 4 is 17.5 Å². The number of imide groups is 1. The Morgan fingerprint density at radius 1 is 1.07 bits per heavy atom. The molecule has 0 aliphatic carbocycles. The van der Waals surface area contributed by atoms with E-state index in [1.54, 1.807) is 0 Å². The predicted molar refractivity (Wildman–Crippen MR) is 99.6 cm³/mol. The summed E-state index contributed by atoms with van der Waals surface area (Å²) in [5.74, 6) is -0.622. The molecule has 2 aromatic carbocycles. The fourth-order valence-electron chi connectivity index (χ4n) is 3.31. The lowest BCUT2D eigenvalue weighted by Crippen LogP contribution is -3.09. The minimum Gasteiger partial charge on any atom is -0.316 e. The molecule has 0 spiro atoms. The first-order valence-corrected chi connectivity index (χ1v) is 8.83. The molecule has 2 aromatic rings. The summed E-state index contributed by atoms with van der Waals surface area (Å²) in [5, 5.41) is 11.2. The second-order valence-electron chi connectivity index (χ2n) is 7.18. The van der Waals surface area contributed by atoms with E-state index in [0.29, 0.717) is 12.5 Å². The van der Waals surface area contributed by atoms with Crippen molar-refractivity contribution in [2.45, 2.75) is 26.3 Å². The number of benzene rings is 2. The highest BCUT2D eigenvalue weighted by Crippen LogP contribution is 2.30. The summed E-state index contributed by atoms with van der Waals surface area (Å²) in [5.41, 5.74) is 2.02. The molecule has 0 saturated carbocycles. The molecule has 1 N–H and O–H groups in total. The number of fused-ring (bicyclic) bond motifs is 1. The van der Waals surface area contributed by atoms with E-state index in [1.807, 2.05) is 19.2 Å². The standard InChI is InChI=1S/C20H21N3O4/c1-13(2)15-9-7-14(8-10-15)11-21(3)12-22-19(24)16-5-4-6-17(23(26)27)18(16)20(22)25/h4-10,13H,11-12H2,1-3H3/p+1. The number of hydrogen-bond donors (Lipinski definition) is 1. The fourth-order valence-corrected chi connectivity index (χ4v) is 3.31. The smallest absolute Gasteiger partial charge is 0.282 e. The van der Waals surface area contributed by atoms with Gasteiger partial charge in [0.25, 0.3) is 17.5 Å². The lowest BCUT2D eigenvalue weighted by molar-refractivity contribution is -0.901. The normalized spacial score (nSPS) is 14.6. The van der Waals surface area contributed by atoms with Crippen molar-refractivity contribution in [3.05, 3.63) is 74.8 Å². The van der Waals surface area contributed by atoms with Crippen molar-refractivity contribution in [2.24, 2.45) is 0 Å². The number of quaternary nitrogens is 1. The first-order valence-electron chi connectivity index (χ1n) is 8.83. The van der Waals surface area contributed by atoms with Crippen molar-refractivity contribution in [3.8, 4) is 0 Å². The molecule has 0 aromatic heterocycles. The quantitative estimate of drug-likeness (QED) is 0.480. The molecule has 27 heavy (non-hydrogen) atoms. The van der Waals surface area contributed by atoms with Gasteiger partial charge in [-0.2, -0.15) is 0 Å². The summed E-state index contributed by atoms with van der Waals surface area (Å²) in [7, 11) is 1.88. The van der Waals surface area contributed by atoms with E-state index in [1.165, 1.54) is 23.8 Å². The first kappa shape index (κ1) is 18.7. The van der Waals surface area contributed by atoms with E-state index >= 15 is 0 Å². The molecule has 1 aliphatic heterocycles. The average molecular weight is 368 g/mol. The van der Waals surface area contributed by atoms with E-state index < -0.39 is 16.7 Å². The molecular formula is C20H22N3O4+. The number of nitrogens with one attached hydrogen (secondary N) is 1. The van der Waals surface area contributed by atoms with Crippen molar-refractivity contribution in [1.82, 2.24) is 4.90 Å². The number of rotatable bonds is 6. The van der Waals surface area contributed by atoms with Crippen LogP contribution in [-0.2, 0) is 6.54 Å². The minimum atomic E-state index is -0.625. The zero-order chi connectivity index (χ0) is 19.7. The van der Waals surface area contributed by atoms with Crippen LogP contribution in [0, 0.1) is 10.1 Å². The van der Waals surface area contributed by atoms with Gasteiger partial charge >= 0.3 is 0 Å². The zero-order valence-corrected chi connectivity index (χ0v) is 15.6. The molecule has 140 valence electrons. The predicted octanol–water partition coefficient (Wildman–Crippen LogP) is 1.99. The molecule has 7 heteroatoms. The van der Waals surface area contributed by atoms with Crippen molar-refractivity contribution in [2.75, 3.05) is 13.7 Å². The van der Waals surface area contributed by atoms with Gasteiger partial charge in [0.15, 0.2) is 6.67 Å². The van der Waals surface area contributed by atoms with Gasteiger partial charge in [-0.1, -0.05) is 44.2 Å². The zero-order valence-electron chi connectivity index (χ0n) is 15.6. The molecule has 0 bridgehead atoms. The molecule has 3 rings (SSSR count). The summed E-state index contributed by atoms with van der Waals surface area (Å²) >= 11 is 0. The second kappa shape index (κ2) is 7.28. The van der Waals surface area contributed by atoms with Crippen LogP contribution in [0.4, 0.5) is 5.69 Å². The Morgan fingerprint density at radius 2 is 1.74 bits per heavy atom. The Hall–Kier alpha value is -3.06. The topological polar surface area (TPSA) is 85.0 Å². The molecule has 1 aliphatic rings. The van der Waals surface area contributed by atoms with Gasteiger partial charge in [-0.25, -0.2) is 4.90 Å². The van der Waals surface area contributed by atoms with Crippen LogP contribution >= 0.6 is 0 Å². The van der Waals surface area contributed by atoms with Crippen LogP contribution in [0.25, 0.3) is 0 Å². The second-order valence-corrected chi connectivity index (χ2v) is 7.18. The summed E-state index contributed by atoms with van der Waals surface area (Å²) in [6.45, 7) is 5.05. The number of carbonyl (C=O) groups excluding carboxylic acids is 2. The molecule has 1 heterocycles. The number of amides is 2. The van der Waals surface area contributed by atoms with Crippen LogP contribution in [0.15, 0.2) is 42.5 Å². The highest BCUT2D eigenvalue weighted by Gasteiger charge is 2.42. The van der Waals surface area contributed by atoms with Crippen LogP contribution in [0.1, 0.15) is 51.6 Å². The fraction of sp³-hybridized carbons (Fsp3) is 0.300. The summed E-state index contributed by atoms with van der Waals surface area (Å²) in [4.78, 5) is 37.8. The van der Waals surface area contributed by atoms with E-state index in [2.05, 4.69) is 26.0 Å². The lowest BCUT2D eigenvalue weighted by atomic mass is 10.0. The Bertz CT molecular complexity index is 906. The highest BCUT2D eigenvalue weighted by molar-refractivity contribution is 6.23. The third-order valence-corrected chi connectivity index (χ3v) is 4.75. The Balaban J connectivity index is 1.74. The Morgan fingerprint density at radius 3 is 2.33 bits per heavy atom. The van der Waals surface area contributed by atoms with Crippen LogP contribution < -0.4 is 4.90 Å². The van der Waals surface area contributed by atoms with Crippen LogP contribution in [0.5, 0.6) is 0 Å². The van der Waals surface area contributed by atoms with Crippen LogP contribution in [0.3, 0.4) is 0 Å². The van der Waals surface area contributed by atoms with Gasteiger partial charge in [0.2, 0.25) is 0 Å². The molecule has 1 unspecified atom stereocenters. The molecule has 2 amide bonds. The van der Waals surface area contributed by atoms with Crippen molar-refractivity contribution in [3.63, 3.8) is 0 Å². The van der Waals surface area contributed by atoms with Gasteiger partial charge < -0.3 is 4.90 Å². The minimum absolute atomic E-state index is 0.100. The third-order valence-electron chi connectivity index (χ3n) is 4.75. The number of hydrogen-bond acceptors (Lipinski definition) is 4. The summed E-state index contributed by atoms with van der Waals surface area (Å²) in [6, 6.07) is 12.4. The molecular weight excluding hydrogens is 346 g/mol. The number of nitro groups is 1. The maximum Gasteiger partial charge on any atom is 0.282 e. The highest BCUT2D eigenvalue weighted by atomic mass is 16.6. The largest absolute Gasteiger partial charge is 0.316 e. The van der Waals surface area contributed by atoms with Crippen LogP contribution in [0.2, 0.25) is 0 Å². The van der Waals surface area contributed by atoms with Gasteiger partial charge in [0.05, 0.1) is 17.5 Å². The van der Waals surface area contributed by atoms with E-state index in [4.69, 9.17) is 0 Å². The lowest BCUT2D eigenvalue weighted by Gasteiger charge is -2.20. The van der Waals surface area contributed by atoms with Crippen molar-refractivity contribution < 1.29 is 19.4 Å². The maximum atomic E-state index is 12.6. The average Bonchev–Trinajstić information content (AvgIpc) is 2.87. The van der Waals surface area contributed by atoms with Gasteiger partial charge in [0.1, 0.15) is 12.1 Å². The Labute approximate surface area is 157 Å². The first-order chi connectivity index (χ1) is 12.8. The number of nitro benzene ring substituents is 1. The number of nitrogens with zero attached hydrogens (tertiary/aromatic N) is 2. The molecule has 0 fully saturated rings. The van der Waals surface area contributed by atoms with Gasteiger partial charge in [-0.3, -0.25) is 19.7 Å². The van der Waals surface area contributed by atoms with Gasteiger partial charge in [-0.15, -0.1) is 0 Å². The maximum absolute atomic E-state index is 12.6. The summed E-state index contributed by atoms with van der Waals surface area (Å²) < 4.78 is 0. The van der Waals surface area contributed by atoms with E-state index in [9.17, 15) is 19.7 Å². The monoisotopic (exact) mass is 368 g/mol.